The molecule has 0 aromatic heterocycles. The number of Topliss-reactive ketones (excluding diaryl/α,β-unsaturated/α-hetero) is 1. The molecular weight excluding hydrogens is 248 g/mol. The zero-order chi connectivity index (χ0) is 14.4. The van der Waals surface area contributed by atoms with Crippen LogP contribution in [0.1, 0.15) is 34.8 Å². The molecule has 0 fully saturated rings. The van der Waals surface area contributed by atoms with Gasteiger partial charge in [0.2, 0.25) is 0 Å². The summed E-state index contributed by atoms with van der Waals surface area (Å²) in [6.07, 6.45) is 1.39. The molecule has 0 unspecified atom stereocenters. The second kappa shape index (κ2) is 6.90. The number of benzene rings is 2. The molecule has 0 spiro atoms. The zero-order valence-corrected chi connectivity index (χ0v) is 12.1. The molecule has 2 heteroatoms. The van der Waals surface area contributed by atoms with Crippen molar-refractivity contribution >= 4 is 5.78 Å². The highest BCUT2D eigenvalue weighted by Gasteiger charge is 2.06. The Labute approximate surface area is 120 Å². The number of carbonyl (C=O) groups is 1. The second-order valence-electron chi connectivity index (χ2n) is 4.89. The molecule has 0 aliphatic carbocycles. The highest BCUT2D eigenvalue weighted by atomic mass is 16.5. The smallest absolute Gasteiger partial charge is 0.166 e. The molecule has 20 heavy (non-hydrogen) atoms. The fourth-order valence-electron chi connectivity index (χ4n) is 2.04. The van der Waals surface area contributed by atoms with Crippen molar-refractivity contribution in [1.82, 2.24) is 0 Å². The lowest BCUT2D eigenvalue weighted by Gasteiger charge is -2.06. The number of aryl methyl sites for hydroxylation is 2. The van der Waals surface area contributed by atoms with E-state index in [2.05, 4.69) is 6.92 Å². The molecule has 2 nitrogen and oxygen atoms in total. The Morgan fingerprint density at radius 2 is 1.85 bits per heavy atom. The van der Waals surface area contributed by atoms with Gasteiger partial charge in [0, 0.05) is 12.0 Å². The van der Waals surface area contributed by atoms with Crippen LogP contribution >= 0.6 is 0 Å². The van der Waals surface area contributed by atoms with Crippen molar-refractivity contribution in [3.05, 3.63) is 65.2 Å². The molecule has 0 atom stereocenters. The first-order valence-electron chi connectivity index (χ1n) is 7.00. The fourth-order valence-corrected chi connectivity index (χ4v) is 2.04. The van der Waals surface area contributed by atoms with Crippen LogP contribution in [0, 0.1) is 6.92 Å². The van der Waals surface area contributed by atoms with E-state index in [-0.39, 0.29) is 5.78 Å². The van der Waals surface area contributed by atoms with Gasteiger partial charge in [0.25, 0.3) is 0 Å². The maximum atomic E-state index is 12.0. The second-order valence-corrected chi connectivity index (χ2v) is 4.89. The van der Waals surface area contributed by atoms with Crippen LogP contribution in [0.3, 0.4) is 0 Å². The van der Waals surface area contributed by atoms with Gasteiger partial charge in [0.05, 0.1) is 6.61 Å². The average molecular weight is 268 g/mol. The first-order valence-corrected chi connectivity index (χ1v) is 7.00. The monoisotopic (exact) mass is 268 g/mol. The Hall–Kier alpha value is -2.09. The molecular formula is C18H20O2. The van der Waals surface area contributed by atoms with Crippen molar-refractivity contribution < 1.29 is 9.53 Å². The molecule has 0 aliphatic heterocycles. The summed E-state index contributed by atoms with van der Waals surface area (Å²) in [6.45, 7) is 4.54. The first kappa shape index (κ1) is 14.3. The lowest BCUT2D eigenvalue weighted by Crippen LogP contribution is -2.06. The van der Waals surface area contributed by atoms with E-state index in [1.807, 2.05) is 55.5 Å². The molecule has 2 rings (SSSR count). The van der Waals surface area contributed by atoms with Crippen molar-refractivity contribution in [2.45, 2.75) is 26.7 Å². The summed E-state index contributed by atoms with van der Waals surface area (Å²) < 4.78 is 5.60. The van der Waals surface area contributed by atoms with Crippen molar-refractivity contribution in [3.63, 3.8) is 0 Å². The van der Waals surface area contributed by atoms with E-state index in [1.165, 1.54) is 5.56 Å². The maximum absolute atomic E-state index is 12.0. The standard InChI is InChI=1S/C18H20O2/c1-3-15-7-9-16(10-8-15)18(19)11-12-20-17-6-4-5-14(2)13-17/h4-10,13H,3,11-12H2,1-2H3. The highest BCUT2D eigenvalue weighted by Crippen LogP contribution is 2.13. The number of ketones is 1. The minimum absolute atomic E-state index is 0.125. The van der Waals surface area contributed by atoms with Gasteiger partial charge in [-0.3, -0.25) is 4.79 Å². The number of rotatable bonds is 6. The Morgan fingerprint density at radius 1 is 1.10 bits per heavy atom. The fraction of sp³-hybridized carbons (Fsp3) is 0.278. The molecule has 2 aromatic rings. The molecule has 0 N–H and O–H groups in total. The van der Waals surface area contributed by atoms with Crippen LogP contribution in [-0.4, -0.2) is 12.4 Å². The van der Waals surface area contributed by atoms with Gasteiger partial charge in [-0.25, -0.2) is 0 Å². The predicted octanol–water partition coefficient (Wildman–Crippen LogP) is 4.21. The lowest BCUT2D eigenvalue weighted by atomic mass is 10.1. The quantitative estimate of drug-likeness (QED) is 0.734. The third-order valence-electron chi connectivity index (χ3n) is 3.27. The van der Waals surface area contributed by atoms with Gasteiger partial charge in [-0.05, 0) is 36.6 Å². The summed E-state index contributed by atoms with van der Waals surface area (Å²) in [4.78, 5) is 12.0. The summed E-state index contributed by atoms with van der Waals surface area (Å²) in [5.41, 5.74) is 3.16. The van der Waals surface area contributed by atoms with Gasteiger partial charge >= 0.3 is 0 Å². The van der Waals surface area contributed by atoms with Gasteiger partial charge in [0.1, 0.15) is 5.75 Å². The van der Waals surface area contributed by atoms with Gasteiger partial charge in [-0.2, -0.15) is 0 Å². The molecule has 0 amide bonds. The highest BCUT2D eigenvalue weighted by molar-refractivity contribution is 5.96. The van der Waals surface area contributed by atoms with Crippen molar-refractivity contribution in [2.24, 2.45) is 0 Å². The molecule has 0 radical (unpaired) electrons. The summed E-state index contributed by atoms with van der Waals surface area (Å²) >= 11 is 0. The number of hydrogen-bond acceptors (Lipinski definition) is 2. The lowest BCUT2D eigenvalue weighted by molar-refractivity contribution is 0.0962. The molecule has 0 aliphatic rings. The number of hydrogen-bond donors (Lipinski definition) is 0. The summed E-state index contributed by atoms with van der Waals surface area (Å²) in [6, 6.07) is 15.7. The molecule has 0 saturated heterocycles. The molecule has 0 saturated carbocycles. The largest absolute Gasteiger partial charge is 0.493 e. The van der Waals surface area contributed by atoms with Crippen LogP contribution in [0.5, 0.6) is 5.75 Å². The third kappa shape index (κ3) is 3.95. The topological polar surface area (TPSA) is 26.3 Å². The summed E-state index contributed by atoms with van der Waals surface area (Å²) in [7, 11) is 0. The van der Waals surface area contributed by atoms with E-state index in [9.17, 15) is 4.79 Å². The summed E-state index contributed by atoms with van der Waals surface area (Å²) in [5.74, 6) is 0.944. The number of ether oxygens (including phenoxy) is 1. The first-order chi connectivity index (χ1) is 9.69. The van der Waals surface area contributed by atoms with Crippen molar-refractivity contribution in [2.75, 3.05) is 6.61 Å². The van der Waals surface area contributed by atoms with Gasteiger partial charge in [-0.1, -0.05) is 43.3 Å². The number of carbonyl (C=O) groups excluding carboxylic acids is 1. The van der Waals surface area contributed by atoms with Crippen molar-refractivity contribution in [1.29, 1.82) is 0 Å². The third-order valence-corrected chi connectivity index (χ3v) is 3.27. The average Bonchev–Trinajstić information content (AvgIpc) is 2.47. The molecule has 0 bridgehead atoms. The molecule has 2 aromatic carbocycles. The Kier molecular flexibility index (Phi) is 4.94. The van der Waals surface area contributed by atoms with Crippen LogP contribution in [0.25, 0.3) is 0 Å². The van der Waals surface area contributed by atoms with E-state index >= 15 is 0 Å². The minimum Gasteiger partial charge on any atom is -0.493 e. The molecule has 0 heterocycles. The maximum Gasteiger partial charge on any atom is 0.166 e. The van der Waals surface area contributed by atoms with Crippen LogP contribution < -0.4 is 4.74 Å². The van der Waals surface area contributed by atoms with E-state index in [0.29, 0.717) is 13.0 Å². The molecule has 104 valence electrons. The van der Waals surface area contributed by atoms with E-state index < -0.39 is 0 Å². The van der Waals surface area contributed by atoms with Crippen molar-refractivity contribution in [3.8, 4) is 5.75 Å². The van der Waals surface area contributed by atoms with Crippen LogP contribution in [0.2, 0.25) is 0 Å². The Bertz CT molecular complexity index is 570. The van der Waals surface area contributed by atoms with E-state index in [1.54, 1.807) is 0 Å². The van der Waals surface area contributed by atoms with E-state index in [0.717, 1.165) is 23.3 Å². The van der Waals surface area contributed by atoms with Gasteiger partial charge in [-0.15, -0.1) is 0 Å². The summed E-state index contributed by atoms with van der Waals surface area (Å²) in [5, 5.41) is 0. The Morgan fingerprint density at radius 3 is 2.50 bits per heavy atom. The minimum atomic E-state index is 0.125. The predicted molar refractivity (Wildman–Crippen MR) is 81.4 cm³/mol. The normalized spacial score (nSPS) is 10.3. The van der Waals surface area contributed by atoms with Crippen LogP contribution in [-0.2, 0) is 6.42 Å². The van der Waals surface area contributed by atoms with Gasteiger partial charge in [0.15, 0.2) is 5.78 Å². The van der Waals surface area contributed by atoms with E-state index in [4.69, 9.17) is 4.74 Å². The Balaban J connectivity index is 1.85. The van der Waals surface area contributed by atoms with Gasteiger partial charge < -0.3 is 4.74 Å². The SMILES string of the molecule is CCc1ccc(C(=O)CCOc2cccc(C)c2)cc1. The zero-order valence-electron chi connectivity index (χ0n) is 12.1. The van der Waals surface area contributed by atoms with Crippen LogP contribution in [0.4, 0.5) is 0 Å². The van der Waals surface area contributed by atoms with Crippen LogP contribution in [0.15, 0.2) is 48.5 Å².